The van der Waals surface area contributed by atoms with Crippen molar-refractivity contribution >= 4 is 15.9 Å². The second-order valence-electron chi connectivity index (χ2n) is 8.53. The molecule has 1 aromatic rings. The molecular weight excluding hydrogens is 437 g/mol. The van der Waals surface area contributed by atoms with Gasteiger partial charge in [0.25, 0.3) is 0 Å². The van der Waals surface area contributed by atoms with Crippen LogP contribution in [0, 0.1) is 5.82 Å². The van der Waals surface area contributed by atoms with Crippen molar-refractivity contribution in [1.29, 1.82) is 0 Å². The second kappa shape index (κ2) is 12.0. The highest BCUT2D eigenvalue weighted by molar-refractivity contribution is 7.89. The lowest BCUT2D eigenvalue weighted by molar-refractivity contribution is -0.122. The van der Waals surface area contributed by atoms with Crippen LogP contribution in [0.3, 0.4) is 0 Å². The number of likely N-dealkylation sites (tertiary alicyclic amines) is 1. The van der Waals surface area contributed by atoms with Gasteiger partial charge in [-0.05, 0) is 63.4 Å². The number of nitrogens with zero attached hydrogens (tertiary/aromatic N) is 1. The molecule has 32 heavy (non-hydrogen) atoms. The van der Waals surface area contributed by atoms with Crippen molar-refractivity contribution in [3.05, 3.63) is 30.1 Å². The Balaban J connectivity index is 1.40. The number of sulfonamides is 1. The number of hydrogen-bond donors (Lipinski definition) is 3. The Morgan fingerprint density at radius 2 is 2.00 bits per heavy atom. The number of aliphatic hydroxyl groups excluding tert-OH is 1. The number of halogens is 1. The normalized spacial score (nSPS) is 24.9. The molecule has 0 spiro atoms. The smallest absolute Gasteiger partial charge is 0.241 e. The van der Waals surface area contributed by atoms with Gasteiger partial charge in [-0.25, -0.2) is 17.5 Å². The first-order chi connectivity index (χ1) is 15.4. The molecule has 0 saturated carbocycles. The molecule has 3 atom stereocenters. The van der Waals surface area contributed by atoms with Gasteiger partial charge in [-0.2, -0.15) is 0 Å². The molecule has 2 heterocycles. The highest BCUT2D eigenvalue weighted by atomic mass is 32.2. The fourth-order valence-electron chi connectivity index (χ4n) is 4.28. The van der Waals surface area contributed by atoms with Gasteiger partial charge in [0.15, 0.2) is 0 Å². The minimum Gasteiger partial charge on any atom is -0.394 e. The fourth-order valence-corrected chi connectivity index (χ4v) is 5.61. The predicted octanol–water partition coefficient (Wildman–Crippen LogP) is 1.39. The highest BCUT2D eigenvalue weighted by Gasteiger charge is 2.34. The van der Waals surface area contributed by atoms with Crippen molar-refractivity contribution in [2.75, 3.05) is 32.8 Å². The van der Waals surface area contributed by atoms with Crippen LogP contribution in [0.25, 0.3) is 0 Å². The number of piperidine rings is 1. The van der Waals surface area contributed by atoms with Gasteiger partial charge in [0, 0.05) is 19.5 Å². The van der Waals surface area contributed by atoms with Gasteiger partial charge in [0.1, 0.15) is 5.82 Å². The number of carbonyl (C=O) groups is 1. The average molecular weight is 472 g/mol. The van der Waals surface area contributed by atoms with Gasteiger partial charge in [-0.3, -0.25) is 4.79 Å². The number of benzene rings is 1. The van der Waals surface area contributed by atoms with Gasteiger partial charge in [-0.1, -0.05) is 12.5 Å². The molecule has 10 heteroatoms. The molecule has 2 aliphatic rings. The Hall–Kier alpha value is -1.59. The maximum absolute atomic E-state index is 13.4. The van der Waals surface area contributed by atoms with Gasteiger partial charge in [-0.15, -0.1) is 0 Å². The summed E-state index contributed by atoms with van der Waals surface area (Å²) in [5, 5.41) is 12.6. The lowest BCUT2D eigenvalue weighted by atomic mass is 9.98. The third-order valence-electron chi connectivity index (χ3n) is 6.10. The monoisotopic (exact) mass is 471 g/mol. The summed E-state index contributed by atoms with van der Waals surface area (Å²) in [5.41, 5.74) is 0. The quantitative estimate of drug-likeness (QED) is 0.476. The summed E-state index contributed by atoms with van der Waals surface area (Å²) in [4.78, 5) is 14.3. The van der Waals surface area contributed by atoms with Crippen LogP contribution < -0.4 is 10.0 Å². The topological polar surface area (TPSA) is 108 Å². The molecule has 3 N–H and O–H groups in total. The van der Waals surface area contributed by atoms with E-state index in [2.05, 4.69) is 14.9 Å². The summed E-state index contributed by atoms with van der Waals surface area (Å²) in [6.45, 7) is 3.05. The van der Waals surface area contributed by atoms with E-state index in [9.17, 15) is 22.7 Å². The van der Waals surface area contributed by atoms with E-state index in [4.69, 9.17) is 4.74 Å². The molecule has 0 radical (unpaired) electrons. The molecule has 1 amide bonds. The molecule has 2 fully saturated rings. The SMILES string of the molecule is O=C(CCN1CCCCC1)NCC[C@@H]1CC[C@@H](NS(=O)(=O)c2cccc(F)c2)[C@@H](CO)O1. The number of aliphatic hydroxyl groups is 1. The summed E-state index contributed by atoms with van der Waals surface area (Å²) in [6, 6.07) is 4.18. The molecule has 0 aromatic heterocycles. The van der Waals surface area contributed by atoms with Crippen molar-refractivity contribution < 1.29 is 27.4 Å². The molecule has 8 nitrogen and oxygen atoms in total. The van der Waals surface area contributed by atoms with Crippen molar-refractivity contribution in [3.63, 3.8) is 0 Å². The predicted molar refractivity (Wildman–Crippen MR) is 118 cm³/mol. The van der Waals surface area contributed by atoms with E-state index in [-0.39, 0.29) is 23.5 Å². The molecule has 180 valence electrons. The number of amides is 1. The lowest BCUT2D eigenvalue weighted by Gasteiger charge is -2.36. The lowest BCUT2D eigenvalue weighted by Crippen LogP contribution is -2.51. The van der Waals surface area contributed by atoms with E-state index in [1.54, 1.807) is 0 Å². The third-order valence-corrected chi connectivity index (χ3v) is 7.59. The van der Waals surface area contributed by atoms with Crippen LogP contribution in [0.2, 0.25) is 0 Å². The van der Waals surface area contributed by atoms with Crippen LogP contribution in [0.5, 0.6) is 0 Å². The summed E-state index contributed by atoms with van der Waals surface area (Å²) in [7, 11) is -3.93. The number of nitrogens with one attached hydrogen (secondary N) is 2. The number of carbonyl (C=O) groups excluding carboxylic acids is 1. The molecule has 1 aromatic carbocycles. The summed E-state index contributed by atoms with van der Waals surface area (Å²) in [6.07, 6.45) is 4.94. The highest BCUT2D eigenvalue weighted by Crippen LogP contribution is 2.23. The zero-order valence-corrected chi connectivity index (χ0v) is 19.2. The Bertz CT molecular complexity index is 848. The Labute approximate surface area is 189 Å². The maximum atomic E-state index is 13.4. The van der Waals surface area contributed by atoms with E-state index in [1.807, 2.05) is 0 Å². The first-order valence-corrected chi connectivity index (χ1v) is 12.9. The Morgan fingerprint density at radius 3 is 2.72 bits per heavy atom. The minimum atomic E-state index is -3.93. The van der Waals surface area contributed by atoms with E-state index in [1.165, 1.54) is 37.5 Å². The van der Waals surface area contributed by atoms with Gasteiger partial charge < -0.3 is 20.1 Å². The van der Waals surface area contributed by atoms with Crippen LogP contribution in [-0.4, -0.2) is 75.4 Å². The number of ether oxygens (including phenoxy) is 1. The van der Waals surface area contributed by atoms with Gasteiger partial charge in [0.05, 0.1) is 29.8 Å². The molecular formula is C22H34FN3O5S. The van der Waals surface area contributed by atoms with Crippen molar-refractivity contribution in [2.24, 2.45) is 0 Å². The zero-order chi connectivity index (χ0) is 23.0. The molecule has 2 saturated heterocycles. The van der Waals surface area contributed by atoms with Gasteiger partial charge in [0.2, 0.25) is 15.9 Å². The molecule has 2 aliphatic heterocycles. The molecule has 0 bridgehead atoms. The Kier molecular flexibility index (Phi) is 9.42. The van der Waals surface area contributed by atoms with E-state index in [0.717, 1.165) is 25.7 Å². The molecule has 3 rings (SSSR count). The maximum Gasteiger partial charge on any atom is 0.241 e. The molecule has 0 unspecified atom stereocenters. The zero-order valence-electron chi connectivity index (χ0n) is 18.3. The van der Waals surface area contributed by atoms with Crippen LogP contribution >= 0.6 is 0 Å². The van der Waals surface area contributed by atoms with Crippen molar-refractivity contribution in [3.8, 4) is 0 Å². The van der Waals surface area contributed by atoms with Crippen LogP contribution in [0.15, 0.2) is 29.2 Å². The average Bonchev–Trinajstić information content (AvgIpc) is 2.79. The van der Waals surface area contributed by atoms with Crippen molar-refractivity contribution in [1.82, 2.24) is 14.9 Å². The molecule has 0 aliphatic carbocycles. The van der Waals surface area contributed by atoms with Crippen LogP contribution in [0.4, 0.5) is 4.39 Å². The summed E-state index contributed by atoms with van der Waals surface area (Å²) >= 11 is 0. The van der Waals surface area contributed by atoms with Crippen LogP contribution in [0.1, 0.15) is 44.9 Å². The van der Waals surface area contributed by atoms with Crippen molar-refractivity contribution in [2.45, 2.75) is 68.1 Å². The van der Waals surface area contributed by atoms with E-state index in [0.29, 0.717) is 32.2 Å². The van der Waals surface area contributed by atoms with E-state index >= 15 is 0 Å². The van der Waals surface area contributed by atoms with Gasteiger partial charge >= 0.3 is 0 Å². The fraction of sp³-hybridized carbons (Fsp3) is 0.682. The summed E-state index contributed by atoms with van der Waals surface area (Å²) in [5.74, 6) is -0.615. The number of rotatable bonds is 10. The first kappa shape index (κ1) is 25.0. The largest absolute Gasteiger partial charge is 0.394 e. The standard InChI is InChI=1S/C22H34FN3O5S/c23-17-5-4-6-19(15-17)32(29,30)25-20-8-7-18(31-21(20)16-27)9-11-24-22(28)10-14-26-12-2-1-3-13-26/h4-6,15,18,20-21,25,27H,1-3,7-14,16H2,(H,24,28)/t18-,20+,21+/m0/s1. The second-order valence-corrected chi connectivity index (χ2v) is 10.2. The summed E-state index contributed by atoms with van der Waals surface area (Å²) < 4.78 is 46.9. The van der Waals surface area contributed by atoms with E-state index < -0.39 is 28.0 Å². The number of hydrogen-bond acceptors (Lipinski definition) is 6. The Morgan fingerprint density at radius 1 is 1.22 bits per heavy atom. The minimum absolute atomic E-state index is 0.0193. The third kappa shape index (κ3) is 7.48. The first-order valence-electron chi connectivity index (χ1n) is 11.4. The van der Waals surface area contributed by atoms with Crippen LogP contribution in [-0.2, 0) is 19.6 Å².